The molecule has 6 aromatic carbocycles. The number of fused-ring (bicyclic) bond motifs is 1. The van der Waals surface area contributed by atoms with E-state index in [9.17, 15) is 0 Å². The van der Waals surface area contributed by atoms with Gasteiger partial charge < -0.3 is 14.5 Å². The SMILES string of the molecule is CC1C=CC2=C(C1)Oc1ccccc1N2c1ccc(-c2ccccc2-c2ccccc2)cc1C1=NC(c2ccccc2)N(C)C(c2ccccc2)=N1. The zero-order chi connectivity index (χ0) is 35.0. The second-order valence-corrected chi connectivity index (χ2v) is 13.5. The molecular formula is C47H38N4O. The number of para-hydroxylation sites is 2. The monoisotopic (exact) mass is 674 g/mol. The molecule has 0 fully saturated rings. The molecule has 252 valence electrons. The van der Waals surface area contributed by atoms with Gasteiger partial charge in [0, 0.05) is 24.6 Å². The summed E-state index contributed by atoms with van der Waals surface area (Å²) in [5.74, 6) is 3.74. The van der Waals surface area contributed by atoms with Crippen LogP contribution in [-0.4, -0.2) is 23.6 Å². The first-order valence-corrected chi connectivity index (χ1v) is 17.9. The lowest BCUT2D eigenvalue weighted by atomic mass is 9.92. The van der Waals surface area contributed by atoms with E-state index < -0.39 is 0 Å². The van der Waals surface area contributed by atoms with Crippen molar-refractivity contribution in [2.24, 2.45) is 15.9 Å². The van der Waals surface area contributed by atoms with Crippen molar-refractivity contribution in [2.75, 3.05) is 11.9 Å². The van der Waals surface area contributed by atoms with Gasteiger partial charge in [-0.05, 0) is 64.1 Å². The van der Waals surface area contributed by atoms with Crippen LogP contribution in [-0.2, 0) is 0 Å². The predicted molar refractivity (Wildman–Crippen MR) is 213 cm³/mol. The predicted octanol–water partition coefficient (Wildman–Crippen LogP) is 11.2. The van der Waals surface area contributed by atoms with Gasteiger partial charge in [-0.1, -0.05) is 146 Å². The number of allylic oxidation sites excluding steroid dienone is 3. The van der Waals surface area contributed by atoms with Gasteiger partial charge in [-0.15, -0.1) is 0 Å². The van der Waals surface area contributed by atoms with Gasteiger partial charge in [0.25, 0.3) is 0 Å². The molecule has 2 heterocycles. The van der Waals surface area contributed by atoms with E-state index in [2.05, 4.69) is 182 Å². The topological polar surface area (TPSA) is 40.4 Å². The molecule has 0 amide bonds. The molecule has 0 saturated carbocycles. The second-order valence-electron chi connectivity index (χ2n) is 13.5. The van der Waals surface area contributed by atoms with Gasteiger partial charge in [-0.2, -0.15) is 0 Å². The maximum Gasteiger partial charge on any atom is 0.161 e. The summed E-state index contributed by atoms with van der Waals surface area (Å²) in [6.45, 7) is 2.23. The molecule has 0 spiro atoms. The zero-order valence-corrected chi connectivity index (χ0v) is 29.2. The third-order valence-corrected chi connectivity index (χ3v) is 10.0. The van der Waals surface area contributed by atoms with Crippen molar-refractivity contribution in [3.05, 3.63) is 198 Å². The van der Waals surface area contributed by atoms with Crippen molar-refractivity contribution >= 4 is 23.0 Å². The maximum atomic E-state index is 6.59. The van der Waals surface area contributed by atoms with E-state index in [1.807, 2.05) is 12.1 Å². The minimum absolute atomic E-state index is 0.279. The summed E-state index contributed by atoms with van der Waals surface area (Å²) in [6, 6.07) is 55.2. The number of hydrogen-bond donors (Lipinski definition) is 0. The third kappa shape index (κ3) is 5.70. The van der Waals surface area contributed by atoms with Crippen LogP contribution in [0.1, 0.15) is 36.2 Å². The fraction of sp³-hybridized carbons (Fsp3) is 0.106. The first-order chi connectivity index (χ1) is 25.6. The van der Waals surface area contributed by atoms with E-state index in [4.69, 9.17) is 14.7 Å². The van der Waals surface area contributed by atoms with E-state index >= 15 is 0 Å². The van der Waals surface area contributed by atoms with Crippen LogP contribution in [0.25, 0.3) is 22.3 Å². The zero-order valence-electron chi connectivity index (χ0n) is 29.2. The molecule has 2 unspecified atom stereocenters. The number of hydrogen-bond acceptors (Lipinski definition) is 5. The Bertz CT molecular complexity index is 2400. The van der Waals surface area contributed by atoms with Crippen molar-refractivity contribution in [3.63, 3.8) is 0 Å². The minimum Gasteiger partial charge on any atom is -0.457 e. The summed E-state index contributed by atoms with van der Waals surface area (Å²) in [6.07, 6.45) is 5.03. The van der Waals surface area contributed by atoms with Gasteiger partial charge in [0.1, 0.15) is 17.8 Å². The first-order valence-electron chi connectivity index (χ1n) is 17.9. The smallest absolute Gasteiger partial charge is 0.161 e. The second kappa shape index (κ2) is 13.3. The highest BCUT2D eigenvalue weighted by molar-refractivity contribution is 6.16. The normalized spacial score (nSPS) is 17.9. The quantitative estimate of drug-likeness (QED) is 0.177. The van der Waals surface area contributed by atoms with E-state index in [1.54, 1.807) is 0 Å². The van der Waals surface area contributed by atoms with Crippen molar-refractivity contribution in [3.8, 4) is 28.0 Å². The fourth-order valence-corrected chi connectivity index (χ4v) is 7.47. The number of ether oxygens (including phenoxy) is 1. The summed E-state index contributed by atoms with van der Waals surface area (Å²) in [5, 5.41) is 0. The number of rotatable bonds is 6. The van der Waals surface area contributed by atoms with E-state index in [0.29, 0.717) is 11.8 Å². The van der Waals surface area contributed by atoms with Crippen molar-refractivity contribution < 1.29 is 4.74 Å². The number of nitrogens with zero attached hydrogens (tertiary/aromatic N) is 4. The lowest BCUT2D eigenvalue weighted by molar-refractivity contribution is 0.371. The molecule has 1 aliphatic carbocycles. The van der Waals surface area contributed by atoms with Crippen molar-refractivity contribution in [2.45, 2.75) is 19.5 Å². The summed E-state index contributed by atoms with van der Waals surface area (Å²) in [7, 11) is 2.08. The molecule has 0 aromatic heterocycles. The summed E-state index contributed by atoms with van der Waals surface area (Å²) in [4.78, 5) is 15.4. The van der Waals surface area contributed by atoms with Gasteiger partial charge in [0.05, 0.1) is 17.1 Å². The van der Waals surface area contributed by atoms with E-state index in [1.165, 1.54) is 11.1 Å². The van der Waals surface area contributed by atoms with Crippen LogP contribution in [0.5, 0.6) is 5.75 Å². The third-order valence-electron chi connectivity index (χ3n) is 10.0. The molecule has 0 radical (unpaired) electrons. The average Bonchev–Trinajstić information content (AvgIpc) is 3.21. The highest BCUT2D eigenvalue weighted by Gasteiger charge is 2.33. The Morgan fingerprint density at radius 3 is 2.00 bits per heavy atom. The van der Waals surface area contributed by atoms with E-state index in [0.717, 1.165) is 68.7 Å². The van der Waals surface area contributed by atoms with Crippen LogP contribution in [0.2, 0.25) is 0 Å². The molecule has 0 N–H and O–H groups in total. The molecule has 6 aromatic rings. The van der Waals surface area contributed by atoms with Gasteiger partial charge >= 0.3 is 0 Å². The highest BCUT2D eigenvalue weighted by atomic mass is 16.5. The van der Waals surface area contributed by atoms with Crippen LogP contribution in [0.4, 0.5) is 11.4 Å². The van der Waals surface area contributed by atoms with Crippen molar-refractivity contribution in [1.29, 1.82) is 0 Å². The molecule has 5 nitrogen and oxygen atoms in total. The molecule has 5 heteroatoms. The molecular weight excluding hydrogens is 637 g/mol. The highest BCUT2D eigenvalue weighted by Crippen LogP contribution is 2.47. The molecule has 52 heavy (non-hydrogen) atoms. The Kier molecular flexibility index (Phi) is 8.09. The lowest BCUT2D eigenvalue weighted by Gasteiger charge is -2.38. The number of amidine groups is 2. The Morgan fingerprint density at radius 2 is 1.25 bits per heavy atom. The van der Waals surface area contributed by atoms with Crippen molar-refractivity contribution in [1.82, 2.24) is 4.90 Å². The first kappa shape index (κ1) is 31.5. The van der Waals surface area contributed by atoms with Crippen LogP contribution in [0.15, 0.2) is 191 Å². The van der Waals surface area contributed by atoms with Gasteiger partial charge in [0.2, 0.25) is 0 Å². The van der Waals surface area contributed by atoms with Gasteiger partial charge in [-0.3, -0.25) is 0 Å². The molecule has 0 bridgehead atoms. The number of benzene rings is 6. The molecule has 2 aliphatic heterocycles. The Hall–Kier alpha value is -6.46. The Balaban J connectivity index is 1.31. The summed E-state index contributed by atoms with van der Waals surface area (Å²) >= 11 is 0. The molecule has 9 rings (SSSR count). The van der Waals surface area contributed by atoms with E-state index in [-0.39, 0.29) is 6.17 Å². The lowest BCUT2D eigenvalue weighted by Crippen LogP contribution is -2.36. The fourth-order valence-electron chi connectivity index (χ4n) is 7.47. The van der Waals surface area contributed by atoms with Gasteiger partial charge in [-0.25, -0.2) is 9.98 Å². The largest absolute Gasteiger partial charge is 0.457 e. The molecule has 0 saturated heterocycles. The Morgan fingerprint density at radius 1 is 0.615 bits per heavy atom. The molecule has 3 aliphatic rings. The van der Waals surface area contributed by atoms with Crippen LogP contribution < -0.4 is 9.64 Å². The maximum absolute atomic E-state index is 6.59. The van der Waals surface area contributed by atoms with Crippen LogP contribution in [0, 0.1) is 5.92 Å². The standard InChI is InChI=1S/C47H38N4O/c1-32-26-28-42-44(30-32)52-43-25-15-14-24-41(43)51(42)40-29-27-36(38-23-13-12-22-37(38)33-16-6-3-7-17-33)31-39(40)45-48-46(34-18-8-4-9-19-34)50(2)47(49-45)35-20-10-5-11-21-35/h3-29,31-32,46H,30H2,1-2H3. The van der Waals surface area contributed by atoms with Crippen LogP contribution >= 0.6 is 0 Å². The summed E-state index contributed by atoms with van der Waals surface area (Å²) in [5.41, 5.74) is 10.7. The number of anilines is 2. The average molecular weight is 675 g/mol. The molecule has 2 atom stereocenters. The van der Waals surface area contributed by atoms with Gasteiger partial charge in [0.15, 0.2) is 11.6 Å². The number of aliphatic imine (C=N–C) groups is 2. The van der Waals surface area contributed by atoms with Crippen LogP contribution in [0.3, 0.4) is 0 Å². The Labute approximate surface area is 305 Å². The minimum atomic E-state index is -0.279. The summed E-state index contributed by atoms with van der Waals surface area (Å²) < 4.78 is 6.59.